The lowest BCUT2D eigenvalue weighted by molar-refractivity contribution is -0.137. The highest BCUT2D eigenvalue weighted by atomic mass is 16.6. The third-order valence-corrected chi connectivity index (χ3v) is 2.52. The van der Waals surface area contributed by atoms with Gasteiger partial charge in [0.05, 0.1) is 13.5 Å². The smallest absolute Gasteiger partial charge is 0.305 e. The normalized spacial score (nSPS) is 12.2. The van der Waals surface area contributed by atoms with Gasteiger partial charge < -0.3 is 19.6 Å². The van der Waals surface area contributed by atoms with Crippen molar-refractivity contribution in [1.29, 1.82) is 0 Å². The van der Waals surface area contributed by atoms with Crippen molar-refractivity contribution in [2.24, 2.45) is 5.92 Å². The van der Waals surface area contributed by atoms with Crippen molar-refractivity contribution in [3.05, 3.63) is 17.9 Å². The number of rotatable bonds is 7. The van der Waals surface area contributed by atoms with Crippen LogP contribution in [0.2, 0.25) is 0 Å². The van der Waals surface area contributed by atoms with Crippen LogP contribution in [0.5, 0.6) is 5.95 Å². The molecule has 0 unspecified atom stereocenters. The lowest BCUT2D eigenvalue weighted by Gasteiger charge is -2.18. The minimum atomic E-state index is -0.942. The minimum absolute atomic E-state index is 0.107. The number of amides is 1. The highest BCUT2D eigenvalue weighted by Gasteiger charge is 2.20. The van der Waals surface area contributed by atoms with E-state index in [1.165, 1.54) is 19.2 Å². The van der Waals surface area contributed by atoms with Gasteiger partial charge in [0, 0.05) is 12.1 Å². The molecule has 19 heavy (non-hydrogen) atoms. The van der Waals surface area contributed by atoms with Gasteiger partial charge in [-0.3, -0.25) is 9.59 Å². The predicted molar refractivity (Wildman–Crippen MR) is 68.2 cm³/mol. The molecule has 0 saturated carbocycles. The third kappa shape index (κ3) is 5.03. The van der Waals surface area contributed by atoms with Crippen molar-refractivity contribution in [3.8, 4) is 5.95 Å². The number of carbonyl (C=O) groups excluding carboxylic acids is 1. The van der Waals surface area contributed by atoms with E-state index in [9.17, 15) is 9.59 Å². The van der Waals surface area contributed by atoms with E-state index in [0.717, 1.165) is 0 Å². The van der Waals surface area contributed by atoms with Crippen molar-refractivity contribution in [1.82, 2.24) is 5.32 Å². The van der Waals surface area contributed by atoms with Gasteiger partial charge in [-0.15, -0.1) is 0 Å². The molecule has 1 heterocycles. The molecule has 6 nitrogen and oxygen atoms in total. The molecule has 1 atom stereocenters. The molecule has 1 aromatic rings. The second-order valence-corrected chi connectivity index (χ2v) is 4.72. The van der Waals surface area contributed by atoms with Crippen molar-refractivity contribution in [2.75, 3.05) is 7.11 Å². The van der Waals surface area contributed by atoms with Crippen LogP contribution in [-0.2, 0) is 4.79 Å². The summed E-state index contributed by atoms with van der Waals surface area (Å²) in [4.78, 5) is 22.7. The Morgan fingerprint density at radius 3 is 2.58 bits per heavy atom. The number of hydrogen-bond acceptors (Lipinski definition) is 4. The maximum absolute atomic E-state index is 11.9. The number of carboxylic acid groups (broad SMARTS) is 1. The Morgan fingerprint density at radius 1 is 1.42 bits per heavy atom. The molecule has 0 fully saturated rings. The van der Waals surface area contributed by atoms with E-state index >= 15 is 0 Å². The monoisotopic (exact) mass is 269 g/mol. The van der Waals surface area contributed by atoms with Gasteiger partial charge in [-0.25, -0.2) is 0 Å². The van der Waals surface area contributed by atoms with Gasteiger partial charge in [0.15, 0.2) is 5.76 Å². The van der Waals surface area contributed by atoms with Crippen molar-refractivity contribution >= 4 is 11.9 Å². The number of ether oxygens (including phenoxy) is 1. The summed E-state index contributed by atoms with van der Waals surface area (Å²) in [5.41, 5.74) is 0. The summed E-state index contributed by atoms with van der Waals surface area (Å²) in [6.07, 6.45) is 0.484. The highest BCUT2D eigenvalue weighted by molar-refractivity contribution is 5.92. The average molecular weight is 269 g/mol. The number of carbonyl (C=O) groups is 2. The Hall–Kier alpha value is -1.98. The number of nitrogens with one attached hydrogen (secondary N) is 1. The van der Waals surface area contributed by atoms with Crippen LogP contribution in [0.4, 0.5) is 0 Å². The first-order valence-corrected chi connectivity index (χ1v) is 6.08. The molecule has 0 bridgehead atoms. The molecule has 106 valence electrons. The fourth-order valence-corrected chi connectivity index (χ4v) is 1.78. The number of carboxylic acids is 1. The van der Waals surface area contributed by atoms with Gasteiger partial charge in [0.1, 0.15) is 0 Å². The molecule has 2 N–H and O–H groups in total. The zero-order chi connectivity index (χ0) is 14.4. The average Bonchev–Trinajstić information content (AvgIpc) is 2.75. The Bertz CT molecular complexity index is 438. The number of methoxy groups -OCH3 is 1. The zero-order valence-electron chi connectivity index (χ0n) is 11.3. The van der Waals surface area contributed by atoms with Crippen LogP contribution in [-0.4, -0.2) is 30.1 Å². The van der Waals surface area contributed by atoms with Gasteiger partial charge in [0.25, 0.3) is 11.9 Å². The van der Waals surface area contributed by atoms with Crippen molar-refractivity contribution in [3.63, 3.8) is 0 Å². The van der Waals surface area contributed by atoms with Crippen LogP contribution < -0.4 is 10.1 Å². The zero-order valence-corrected chi connectivity index (χ0v) is 11.3. The van der Waals surface area contributed by atoms with E-state index in [-0.39, 0.29) is 24.0 Å². The standard InChI is InChI=1S/C13H19NO5/c1-8(2)6-9(7-11(15)16)14-13(17)10-4-5-12(18-3)19-10/h4-5,8-9H,6-7H2,1-3H3,(H,14,17)(H,15,16)/t9-/m1/s1. The number of hydrogen-bond donors (Lipinski definition) is 2. The maximum Gasteiger partial charge on any atom is 0.305 e. The summed E-state index contributed by atoms with van der Waals surface area (Å²) < 4.78 is 9.96. The summed E-state index contributed by atoms with van der Waals surface area (Å²) in [7, 11) is 1.44. The van der Waals surface area contributed by atoms with E-state index in [0.29, 0.717) is 6.42 Å². The molecular formula is C13H19NO5. The molecule has 0 aliphatic carbocycles. The molecular weight excluding hydrogens is 250 g/mol. The number of aliphatic carboxylic acids is 1. The lowest BCUT2D eigenvalue weighted by atomic mass is 10.0. The third-order valence-electron chi connectivity index (χ3n) is 2.52. The van der Waals surface area contributed by atoms with Crippen molar-refractivity contribution < 1.29 is 23.8 Å². The van der Waals surface area contributed by atoms with Crippen LogP contribution in [0.25, 0.3) is 0 Å². The second-order valence-electron chi connectivity index (χ2n) is 4.72. The van der Waals surface area contributed by atoms with Gasteiger partial charge in [0.2, 0.25) is 0 Å². The molecule has 6 heteroatoms. The summed E-state index contributed by atoms with van der Waals surface area (Å²) in [6, 6.07) is 2.60. The Morgan fingerprint density at radius 2 is 2.11 bits per heavy atom. The summed E-state index contributed by atoms with van der Waals surface area (Å²) in [5.74, 6) is -0.742. The lowest BCUT2D eigenvalue weighted by Crippen LogP contribution is -2.37. The van der Waals surface area contributed by atoms with Gasteiger partial charge in [-0.2, -0.15) is 0 Å². The summed E-state index contributed by atoms with van der Waals surface area (Å²) in [5, 5.41) is 11.5. The SMILES string of the molecule is COc1ccc(C(=O)N[C@@H](CC(=O)O)CC(C)C)o1. The quantitative estimate of drug-likeness (QED) is 0.789. The first-order valence-electron chi connectivity index (χ1n) is 6.08. The van der Waals surface area contributed by atoms with Crippen LogP contribution in [0.3, 0.4) is 0 Å². The largest absolute Gasteiger partial charge is 0.481 e. The first kappa shape index (κ1) is 15.1. The fraction of sp³-hybridized carbons (Fsp3) is 0.538. The van der Waals surface area contributed by atoms with Gasteiger partial charge >= 0.3 is 5.97 Å². The fourth-order valence-electron chi connectivity index (χ4n) is 1.78. The number of furan rings is 1. The minimum Gasteiger partial charge on any atom is -0.481 e. The topological polar surface area (TPSA) is 88.8 Å². The van der Waals surface area contributed by atoms with Gasteiger partial charge in [-0.1, -0.05) is 13.8 Å². The van der Waals surface area contributed by atoms with Crippen LogP contribution >= 0.6 is 0 Å². The van der Waals surface area contributed by atoms with Crippen LogP contribution in [0.1, 0.15) is 37.2 Å². The molecule has 0 spiro atoms. The Balaban J connectivity index is 2.66. The maximum atomic E-state index is 11.9. The summed E-state index contributed by atoms with van der Waals surface area (Å²) in [6.45, 7) is 3.94. The summed E-state index contributed by atoms with van der Waals surface area (Å²) >= 11 is 0. The molecule has 0 saturated heterocycles. The van der Waals surface area contributed by atoms with Crippen LogP contribution in [0, 0.1) is 5.92 Å². The predicted octanol–water partition coefficient (Wildman–Crippen LogP) is 1.91. The van der Waals surface area contributed by atoms with Crippen molar-refractivity contribution in [2.45, 2.75) is 32.7 Å². The Labute approximate surface area is 111 Å². The van der Waals surface area contributed by atoms with E-state index in [4.69, 9.17) is 14.3 Å². The molecule has 1 rings (SSSR count). The van der Waals surface area contributed by atoms with E-state index < -0.39 is 17.9 Å². The molecule has 0 radical (unpaired) electrons. The molecule has 1 amide bonds. The molecule has 0 aliphatic rings. The van der Waals surface area contributed by atoms with E-state index in [2.05, 4.69) is 5.32 Å². The van der Waals surface area contributed by atoms with Crippen LogP contribution in [0.15, 0.2) is 16.5 Å². The highest BCUT2D eigenvalue weighted by Crippen LogP contribution is 2.16. The molecule has 0 aromatic carbocycles. The van der Waals surface area contributed by atoms with Gasteiger partial charge in [-0.05, 0) is 18.4 Å². The van der Waals surface area contributed by atoms with E-state index in [1.54, 1.807) is 0 Å². The second kappa shape index (κ2) is 6.82. The molecule has 0 aliphatic heterocycles. The van der Waals surface area contributed by atoms with E-state index in [1.807, 2.05) is 13.8 Å². The molecule has 1 aromatic heterocycles. The Kier molecular flexibility index (Phi) is 5.41. The first-order chi connectivity index (χ1) is 8.92.